The highest BCUT2D eigenvalue weighted by atomic mass is 35.5. The van der Waals surface area contributed by atoms with E-state index in [0.717, 1.165) is 11.1 Å². The van der Waals surface area contributed by atoms with Gasteiger partial charge >= 0.3 is 5.97 Å². The van der Waals surface area contributed by atoms with Crippen molar-refractivity contribution in [3.63, 3.8) is 0 Å². The van der Waals surface area contributed by atoms with Gasteiger partial charge in [-0.15, -0.1) is 0 Å². The molecular formula is C22H25Cl2NO4. The number of carboxylic acid groups (broad SMARTS) is 1. The lowest BCUT2D eigenvalue weighted by Gasteiger charge is -2.43. The Labute approximate surface area is 181 Å². The standard InChI is InChI=1S/C22H25Cl2NO4/c1-22(2)14-25(11-10-21(26)27)12-20(29-22)15-6-8-16(9-7-15)28-13-17-18(23)4-3-5-19(17)24/h3-9,20H,10-14H2,1-2H3,(H,26,27). The third kappa shape index (κ3) is 6.09. The van der Waals surface area contributed by atoms with Gasteiger partial charge in [-0.25, -0.2) is 0 Å². The van der Waals surface area contributed by atoms with Gasteiger partial charge in [0.15, 0.2) is 0 Å². The maximum atomic E-state index is 10.9. The van der Waals surface area contributed by atoms with E-state index in [0.29, 0.717) is 35.4 Å². The zero-order chi connectivity index (χ0) is 21.0. The van der Waals surface area contributed by atoms with Crippen molar-refractivity contribution >= 4 is 29.2 Å². The number of morpholine rings is 1. The summed E-state index contributed by atoms with van der Waals surface area (Å²) >= 11 is 12.4. The Balaban J connectivity index is 1.64. The van der Waals surface area contributed by atoms with Gasteiger partial charge < -0.3 is 14.6 Å². The lowest BCUT2D eigenvalue weighted by Crippen LogP contribution is -2.49. The Morgan fingerprint density at radius 3 is 2.48 bits per heavy atom. The topological polar surface area (TPSA) is 59.0 Å². The van der Waals surface area contributed by atoms with E-state index in [9.17, 15) is 4.79 Å². The molecule has 0 aromatic heterocycles. The van der Waals surface area contributed by atoms with Gasteiger partial charge in [0.25, 0.3) is 0 Å². The Kier molecular flexibility index (Phi) is 7.06. The highest BCUT2D eigenvalue weighted by Gasteiger charge is 2.34. The van der Waals surface area contributed by atoms with Crippen molar-refractivity contribution in [2.45, 2.75) is 38.6 Å². The second-order valence-electron chi connectivity index (χ2n) is 7.80. The molecule has 3 rings (SSSR count). The second kappa shape index (κ2) is 9.35. The van der Waals surface area contributed by atoms with Crippen LogP contribution in [0.1, 0.15) is 37.5 Å². The molecule has 7 heteroatoms. The number of carbonyl (C=O) groups is 1. The van der Waals surface area contributed by atoms with Crippen molar-refractivity contribution in [1.82, 2.24) is 4.90 Å². The number of rotatable bonds is 7. The minimum Gasteiger partial charge on any atom is -0.489 e. The molecule has 1 aliphatic rings. The lowest BCUT2D eigenvalue weighted by molar-refractivity contribution is -0.146. The maximum Gasteiger partial charge on any atom is 0.304 e. The van der Waals surface area contributed by atoms with E-state index in [4.69, 9.17) is 37.8 Å². The average molecular weight is 438 g/mol. The van der Waals surface area contributed by atoms with Crippen molar-refractivity contribution in [3.8, 4) is 5.75 Å². The van der Waals surface area contributed by atoms with E-state index in [1.165, 1.54) is 0 Å². The molecule has 2 aromatic rings. The molecule has 1 atom stereocenters. The Morgan fingerprint density at radius 2 is 1.86 bits per heavy atom. The Morgan fingerprint density at radius 1 is 1.21 bits per heavy atom. The summed E-state index contributed by atoms with van der Waals surface area (Å²) < 4.78 is 12.1. The van der Waals surface area contributed by atoms with Crippen LogP contribution in [-0.2, 0) is 16.1 Å². The number of hydrogen-bond acceptors (Lipinski definition) is 4. The third-order valence-electron chi connectivity index (χ3n) is 4.83. The molecule has 0 amide bonds. The van der Waals surface area contributed by atoms with Gasteiger partial charge in [0.2, 0.25) is 0 Å². The fourth-order valence-electron chi connectivity index (χ4n) is 3.50. The lowest BCUT2D eigenvalue weighted by atomic mass is 10.0. The van der Waals surface area contributed by atoms with Crippen molar-refractivity contribution < 1.29 is 19.4 Å². The smallest absolute Gasteiger partial charge is 0.304 e. The quantitative estimate of drug-likeness (QED) is 0.644. The van der Waals surface area contributed by atoms with E-state index in [1.54, 1.807) is 18.2 Å². The zero-order valence-corrected chi connectivity index (χ0v) is 18.0. The first-order valence-corrected chi connectivity index (χ1v) is 10.3. The van der Waals surface area contributed by atoms with Crippen LogP contribution in [0.25, 0.3) is 0 Å². The van der Waals surface area contributed by atoms with Gasteiger partial charge in [0, 0.05) is 35.2 Å². The van der Waals surface area contributed by atoms with Crippen molar-refractivity contribution in [3.05, 3.63) is 63.6 Å². The fourth-order valence-corrected chi connectivity index (χ4v) is 4.01. The van der Waals surface area contributed by atoms with Crippen LogP contribution in [0.2, 0.25) is 10.0 Å². The minimum atomic E-state index is -0.786. The molecule has 1 N–H and O–H groups in total. The average Bonchev–Trinajstić information content (AvgIpc) is 2.65. The van der Waals surface area contributed by atoms with Crippen molar-refractivity contribution in [2.75, 3.05) is 19.6 Å². The maximum absolute atomic E-state index is 10.9. The molecule has 2 aromatic carbocycles. The number of nitrogens with zero attached hydrogens (tertiary/aromatic N) is 1. The van der Waals surface area contributed by atoms with Gasteiger partial charge in [0.1, 0.15) is 12.4 Å². The van der Waals surface area contributed by atoms with Crippen molar-refractivity contribution in [2.24, 2.45) is 0 Å². The fraction of sp³-hybridized carbons (Fsp3) is 0.409. The molecule has 1 saturated heterocycles. The monoisotopic (exact) mass is 437 g/mol. The third-order valence-corrected chi connectivity index (χ3v) is 5.54. The van der Waals surface area contributed by atoms with Gasteiger partial charge in [-0.05, 0) is 43.7 Å². The summed E-state index contributed by atoms with van der Waals surface area (Å²) in [5, 5.41) is 10.1. The molecule has 156 valence electrons. The largest absolute Gasteiger partial charge is 0.489 e. The Hall–Kier alpha value is -1.79. The summed E-state index contributed by atoms with van der Waals surface area (Å²) in [5.74, 6) is -0.0755. The predicted molar refractivity (Wildman–Crippen MR) is 114 cm³/mol. The highest BCUT2D eigenvalue weighted by Crippen LogP contribution is 2.32. The van der Waals surface area contributed by atoms with E-state index in [-0.39, 0.29) is 24.7 Å². The molecule has 0 saturated carbocycles. The summed E-state index contributed by atoms with van der Waals surface area (Å²) in [4.78, 5) is 13.1. The molecule has 0 radical (unpaired) electrons. The van der Waals surface area contributed by atoms with Crippen LogP contribution in [0.5, 0.6) is 5.75 Å². The SMILES string of the molecule is CC1(C)CN(CCC(=O)O)CC(c2ccc(OCc3c(Cl)cccc3Cl)cc2)O1. The minimum absolute atomic E-state index is 0.125. The number of halogens is 2. The summed E-state index contributed by atoms with van der Waals surface area (Å²) in [6, 6.07) is 13.1. The van der Waals surface area contributed by atoms with Gasteiger partial charge in [0.05, 0.1) is 18.1 Å². The summed E-state index contributed by atoms with van der Waals surface area (Å²) in [5.41, 5.74) is 1.43. The van der Waals surface area contributed by atoms with Crippen LogP contribution in [0, 0.1) is 0 Å². The van der Waals surface area contributed by atoms with Gasteiger partial charge in [-0.3, -0.25) is 9.69 Å². The molecular weight excluding hydrogens is 413 g/mol. The number of aliphatic carboxylic acids is 1. The highest BCUT2D eigenvalue weighted by molar-refractivity contribution is 6.35. The van der Waals surface area contributed by atoms with Gasteiger partial charge in [-0.1, -0.05) is 41.4 Å². The molecule has 0 bridgehead atoms. The number of carboxylic acids is 1. The predicted octanol–water partition coefficient (Wildman–Crippen LogP) is 5.20. The molecule has 1 unspecified atom stereocenters. The molecule has 1 fully saturated rings. The van der Waals surface area contributed by atoms with Crippen LogP contribution in [0.15, 0.2) is 42.5 Å². The van der Waals surface area contributed by atoms with Crippen LogP contribution in [0.4, 0.5) is 0 Å². The number of benzene rings is 2. The summed E-state index contributed by atoms with van der Waals surface area (Å²) in [6.07, 6.45) is -0.000182. The second-order valence-corrected chi connectivity index (χ2v) is 8.62. The first-order chi connectivity index (χ1) is 13.7. The van der Waals surface area contributed by atoms with E-state index < -0.39 is 5.97 Å². The van der Waals surface area contributed by atoms with Crippen LogP contribution >= 0.6 is 23.2 Å². The van der Waals surface area contributed by atoms with E-state index >= 15 is 0 Å². The number of hydrogen-bond donors (Lipinski definition) is 1. The molecule has 1 heterocycles. The normalized spacial score (nSPS) is 19.1. The van der Waals surface area contributed by atoms with Crippen LogP contribution in [0.3, 0.4) is 0 Å². The first kappa shape index (κ1) is 21.9. The van der Waals surface area contributed by atoms with Gasteiger partial charge in [-0.2, -0.15) is 0 Å². The van der Waals surface area contributed by atoms with E-state index in [1.807, 2.05) is 38.1 Å². The molecule has 0 aliphatic carbocycles. The Bertz CT molecular complexity index is 834. The zero-order valence-electron chi connectivity index (χ0n) is 16.5. The molecule has 29 heavy (non-hydrogen) atoms. The van der Waals surface area contributed by atoms with Crippen molar-refractivity contribution in [1.29, 1.82) is 0 Å². The first-order valence-electron chi connectivity index (χ1n) is 9.51. The van der Waals surface area contributed by atoms with Crippen LogP contribution < -0.4 is 4.74 Å². The summed E-state index contributed by atoms with van der Waals surface area (Å²) in [7, 11) is 0. The molecule has 0 spiro atoms. The summed E-state index contributed by atoms with van der Waals surface area (Å²) in [6.45, 7) is 6.21. The molecule has 1 aliphatic heterocycles. The van der Waals surface area contributed by atoms with Crippen LogP contribution in [-0.4, -0.2) is 41.2 Å². The molecule has 5 nitrogen and oxygen atoms in total. The number of ether oxygens (including phenoxy) is 2. The van der Waals surface area contributed by atoms with E-state index in [2.05, 4.69) is 4.90 Å².